The lowest BCUT2D eigenvalue weighted by molar-refractivity contribution is 0.740. The minimum atomic E-state index is -0.0378. The van der Waals surface area contributed by atoms with Crippen LogP contribution in [-0.2, 0) is 6.54 Å². The molecule has 0 saturated heterocycles. The van der Waals surface area contributed by atoms with Crippen molar-refractivity contribution in [1.29, 1.82) is 0 Å². The van der Waals surface area contributed by atoms with Crippen LogP contribution in [0.1, 0.15) is 25.1 Å². The number of thiocarbonyl (C=S) groups is 1. The van der Waals surface area contributed by atoms with E-state index in [1.165, 1.54) is 0 Å². The summed E-state index contributed by atoms with van der Waals surface area (Å²) >= 11 is 8.91. The van der Waals surface area contributed by atoms with E-state index >= 15 is 0 Å². The van der Waals surface area contributed by atoms with Crippen molar-refractivity contribution >= 4 is 29.7 Å². The lowest BCUT2D eigenvalue weighted by Gasteiger charge is -2.22. The number of hydrogen-bond acceptors (Lipinski definition) is 4. The summed E-state index contributed by atoms with van der Waals surface area (Å²) in [5.74, 6) is 0. The highest BCUT2D eigenvalue weighted by Gasteiger charge is 2.18. The first-order chi connectivity index (χ1) is 10.8. The molecule has 0 unspecified atom stereocenters. The predicted molar refractivity (Wildman–Crippen MR) is 102 cm³/mol. The maximum absolute atomic E-state index is 12.1. The van der Waals surface area contributed by atoms with Gasteiger partial charge in [0.2, 0.25) is 0 Å². The second-order valence-electron chi connectivity index (χ2n) is 4.24. The van der Waals surface area contributed by atoms with Gasteiger partial charge in [0.05, 0.1) is 10.6 Å². The van der Waals surface area contributed by atoms with Crippen molar-refractivity contribution in [1.82, 2.24) is 9.88 Å². The van der Waals surface area contributed by atoms with Crippen LogP contribution in [0.5, 0.6) is 0 Å². The van der Waals surface area contributed by atoms with Gasteiger partial charge in [-0.1, -0.05) is 50.3 Å². The van der Waals surface area contributed by atoms with Crippen LogP contribution in [0, 0.1) is 0 Å². The summed E-state index contributed by atoms with van der Waals surface area (Å²) in [4.78, 5) is 12.9. The molecule has 0 radical (unpaired) electrons. The Labute approximate surface area is 142 Å². The third-order valence-corrected chi connectivity index (χ3v) is 3.39. The molecule has 1 N–H and O–H groups in total. The molecule has 1 aromatic heterocycles. The molecule has 1 aliphatic rings. The normalized spacial score (nSPS) is 12.3. The van der Waals surface area contributed by atoms with Crippen molar-refractivity contribution in [3.8, 4) is 5.69 Å². The number of pyridine rings is 1. The van der Waals surface area contributed by atoms with Crippen LogP contribution in [0.2, 0.25) is 0 Å². The summed E-state index contributed by atoms with van der Waals surface area (Å²) in [5.41, 5.74) is 2.78. The fourth-order valence-electron chi connectivity index (χ4n) is 2.25. The standard InChI is InChI=1S/C14H12N2OS.C2H6.CH4S/c17-13-7-6-10-8-15-9-12(18)14(10)16(13)11-4-2-1-3-5-11;2*1-2/h1-7,15H,8-9H2;1-2H3;2H,1H3. The van der Waals surface area contributed by atoms with Crippen LogP contribution in [0.3, 0.4) is 0 Å². The Morgan fingerprint density at radius 2 is 1.68 bits per heavy atom. The minimum absolute atomic E-state index is 0.0378. The van der Waals surface area contributed by atoms with E-state index in [1.54, 1.807) is 16.9 Å². The molecule has 0 aliphatic carbocycles. The van der Waals surface area contributed by atoms with Gasteiger partial charge in [-0.25, -0.2) is 0 Å². The molecule has 3 rings (SSSR count). The first-order valence-corrected chi connectivity index (χ1v) is 8.56. The monoisotopic (exact) mass is 334 g/mol. The molecule has 0 fully saturated rings. The van der Waals surface area contributed by atoms with Crippen LogP contribution in [0.15, 0.2) is 47.3 Å². The summed E-state index contributed by atoms with van der Waals surface area (Å²) in [6.07, 6.45) is 1.69. The number of nitrogens with zero attached hydrogens (tertiary/aromatic N) is 1. The number of nitrogens with one attached hydrogen (secondary N) is 1. The van der Waals surface area contributed by atoms with E-state index in [0.29, 0.717) is 6.54 Å². The van der Waals surface area contributed by atoms with E-state index in [-0.39, 0.29) is 5.56 Å². The van der Waals surface area contributed by atoms with Gasteiger partial charge in [-0.15, -0.1) is 0 Å². The molecule has 118 valence electrons. The first kappa shape index (κ1) is 18.6. The minimum Gasteiger partial charge on any atom is -0.308 e. The zero-order chi connectivity index (χ0) is 16.5. The Balaban J connectivity index is 0.000000561. The fraction of sp³-hybridized carbons (Fsp3) is 0.294. The number of rotatable bonds is 1. The lowest BCUT2D eigenvalue weighted by Crippen LogP contribution is -2.35. The van der Waals surface area contributed by atoms with Gasteiger partial charge in [0.25, 0.3) is 5.56 Å². The van der Waals surface area contributed by atoms with Crippen LogP contribution in [0.25, 0.3) is 5.69 Å². The van der Waals surface area contributed by atoms with E-state index in [4.69, 9.17) is 12.2 Å². The van der Waals surface area contributed by atoms with Gasteiger partial charge < -0.3 is 5.32 Å². The average Bonchev–Trinajstić information content (AvgIpc) is 2.60. The van der Waals surface area contributed by atoms with Gasteiger partial charge in [0.1, 0.15) is 0 Å². The number of para-hydroxylation sites is 1. The molecule has 22 heavy (non-hydrogen) atoms. The van der Waals surface area contributed by atoms with Gasteiger partial charge in [0, 0.05) is 24.8 Å². The second-order valence-corrected chi connectivity index (χ2v) is 4.74. The Morgan fingerprint density at radius 1 is 1.05 bits per heavy atom. The number of fused-ring (bicyclic) bond motifs is 1. The Morgan fingerprint density at radius 3 is 2.32 bits per heavy atom. The number of aromatic nitrogens is 1. The number of hydrogen-bond donors (Lipinski definition) is 2. The third kappa shape index (κ3) is 4.06. The van der Waals surface area contributed by atoms with Crippen molar-refractivity contribution in [3.63, 3.8) is 0 Å². The summed E-state index contributed by atoms with van der Waals surface area (Å²) in [6.45, 7) is 5.40. The van der Waals surface area contributed by atoms with E-state index in [9.17, 15) is 4.79 Å². The van der Waals surface area contributed by atoms with Crippen LogP contribution in [-0.4, -0.2) is 22.2 Å². The third-order valence-electron chi connectivity index (χ3n) is 3.05. The smallest absolute Gasteiger partial charge is 0.255 e. The first-order valence-electron chi connectivity index (χ1n) is 7.26. The quantitative estimate of drug-likeness (QED) is 0.621. The topological polar surface area (TPSA) is 34.0 Å². The molecule has 1 aliphatic heterocycles. The van der Waals surface area contributed by atoms with Crippen LogP contribution in [0.4, 0.5) is 0 Å². The van der Waals surface area contributed by atoms with E-state index in [1.807, 2.05) is 50.2 Å². The highest BCUT2D eigenvalue weighted by molar-refractivity contribution is 7.81. The van der Waals surface area contributed by atoms with Gasteiger partial charge in [-0.2, -0.15) is 12.6 Å². The lowest BCUT2D eigenvalue weighted by atomic mass is 10.1. The zero-order valence-corrected chi connectivity index (χ0v) is 14.9. The Hall–Kier alpha value is -1.43. The summed E-state index contributed by atoms with van der Waals surface area (Å²) in [5, 5.41) is 3.23. The molecule has 1 aromatic carbocycles. The SMILES string of the molecule is CC.CS.O=c1ccc2c(n1-c1ccccc1)C(=S)CNC2. The van der Waals surface area contributed by atoms with E-state index < -0.39 is 0 Å². The van der Waals surface area contributed by atoms with Gasteiger partial charge >= 0.3 is 0 Å². The molecule has 2 heterocycles. The highest BCUT2D eigenvalue weighted by atomic mass is 32.1. The van der Waals surface area contributed by atoms with Gasteiger partial charge in [-0.05, 0) is 24.0 Å². The van der Waals surface area contributed by atoms with Crippen molar-refractivity contribution in [3.05, 3.63) is 64.1 Å². The summed E-state index contributed by atoms with van der Waals surface area (Å²) < 4.78 is 1.71. The number of thiol groups is 1. The average molecular weight is 335 g/mol. The molecule has 0 saturated carbocycles. The molecule has 0 bridgehead atoms. The van der Waals surface area contributed by atoms with Crippen molar-refractivity contribution in [2.75, 3.05) is 12.8 Å². The van der Waals surface area contributed by atoms with E-state index in [2.05, 4.69) is 17.9 Å². The predicted octanol–water partition coefficient (Wildman–Crippen LogP) is 3.23. The Kier molecular flexibility index (Phi) is 8.09. The molecular formula is C17H22N2OS2. The van der Waals surface area contributed by atoms with Crippen molar-refractivity contribution in [2.45, 2.75) is 20.4 Å². The molecule has 5 heteroatoms. The van der Waals surface area contributed by atoms with E-state index in [0.717, 1.165) is 28.4 Å². The van der Waals surface area contributed by atoms with Crippen molar-refractivity contribution < 1.29 is 0 Å². The molecule has 2 aromatic rings. The largest absolute Gasteiger partial charge is 0.308 e. The van der Waals surface area contributed by atoms with Crippen LogP contribution >= 0.6 is 24.8 Å². The van der Waals surface area contributed by atoms with Gasteiger partial charge in [-0.3, -0.25) is 9.36 Å². The fourth-order valence-corrected chi connectivity index (χ4v) is 2.58. The number of benzene rings is 1. The molecule has 0 atom stereocenters. The highest BCUT2D eigenvalue weighted by Crippen LogP contribution is 2.16. The Bertz CT molecular complexity index is 666. The molecule has 0 spiro atoms. The maximum atomic E-state index is 12.1. The summed E-state index contributed by atoms with van der Waals surface area (Å²) in [6, 6.07) is 13.1. The molecule has 0 amide bonds. The second kappa shape index (κ2) is 9.56. The summed E-state index contributed by atoms with van der Waals surface area (Å²) in [7, 11) is 0. The zero-order valence-electron chi connectivity index (χ0n) is 13.2. The molecular weight excluding hydrogens is 312 g/mol. The maximum Gasteiger partial charge on any atom is 0.255 e. The van der Waals surface area contributed by atoms with Crippen molar-refractivity contribution in [2.24, 2.45) is 0 Å². The van der Waals surface area contributed by atoms with Crippen LogP contribution < -0.4 is 10.9 Å². The van der Waals surface area contributed by atoms with Gasteiger partial charge in [0.15, 0.2) is 0 Å². The molecule has 3 nitrogen and oxygen atoms in total.